The maximum absolute atomic E-state index is 12.0. The van der Waals surface area contributed by atoms with Crippen molar-refractivity contribution in [2.24, 2.45) is 0 Å². The minimum Gasteiger partial charge on any atom is -0.383 e. The van der Waals surface area contributed by atoms with Crippen LogP contribution in [0.5, 0.6) is 0 Å². The summed E-state index contributed by atoms with van der Waals surface area (Å²) in [5.41, 5.74) is 0.282. The lowest BCUT2D eigenvalue weighted by atomic mass is 9.91. The summed E-state index contributed by atoms with van der Waals surface area (Å²) in [6.45, 7) is 2.32. The number of rotatable bonds is 2. The molecule has 0 amide bonds. The average Bonchev–Trinajstić information content (AvgIpc) is 2.79. The molecule has 0 saturated carbocycles. The first-order valence-corrected chi connectivity index (χ1v) is 8.54. The van der Waals surface area contributed by atoms with Crippen LogP contribution in [0, 0.1) is 0 Å². The van der Waals surface area contributed by atoms with Crippen LogP contribution in [0.2, 0.25) is 0 Å². The Hall–Kier alpha value is -0.910. The molecule has 0 radical (unpaired) electrons. The number of benzene rings is 1. The Morgan fingerprint density at radius 1 is 1.21 bits per heavy atom. The number of hydrogen-bond donors (Lipinski definition) is 1. The van der Waals surface area contributed by atoms with Crippen molar-refractivity contribution in [3.8, 4) is 0 Å². The summed E-state index contributed by atoms with van der Waals surface area (Å²) >= 11 is 0. The van der Waals surface area contributed by atoms with Gasteiger partial charge in [-0.25, -0.2) is 8.42 Å². The highest BCUT2D eigenvalue weighted by atomic mass is 32.2. The normalized spacial score (nSPS) is 30.2. The third kappa shape index (κ3) is 2.55. The Labute approximate surface area is 114 Å². The second kappa shape index (κ2) is 4.58. The molecule has 1 saturated heterocycles. The molecule has 0 aliphatic carbocycles. The van der Waals surface area contributed by atoms with Crippen LogP contribution in [-0.4, -0.2) is 43.8 Å². The van der Waals surface area contributed by atoms with Crippen molar-refractivity contribution < 1.29 is 13.5 Å². The molecule has 1 aromatic rings. The standard InChI is InChI=1S/C14H19NO3S/c16-14(10-15-7-3-4-8-15)11-19(17,18)9-12-5-1-2-6-13(12)14/h1-2,5-6,16H,3-4,7-11H2. The Kier molecular flexibility index (Phi) is 3.15. The number of nitrogens with zero attached hydrogens (tertiary/aromatic N) is 1. The maximum atomic E-state index is 12.0. The van der Waals surface area contributed by atoms with Crippen molar-refractivity contribution >= 4 is 9.84 Å². The quantitative estimate of drug-likeness (QED) is 0.875. The van der Waals surface area contributed by atoms with Crippen LogP contribution in [0.25, 0.3) is 0 Å². The number of likely N-dealkylation sites (tertiary alicyclic amines) is 1. The topological polar surface area (TPSA) is 57.6 Å². The van der Waals surface area contributed by atoms with E-state index in [1.54, 1.807) is 6.07 Å². The minimum absolute atomic E-state index is 0.0471. The average molecular weight is 281 g/mol. The summed E-state index contributed by atoms with van der Waals surface area (Å²) in [6.07, 6.45) is 2.26. The van der Waals surface area contributed by atoms with Crippen LogP contribution in [0.4, 0.5) is 0 Å². The lowest BCUT2D eigenvalue weighted by molar-refractivity contribution is 0.0238. The summed E-state index contributed by atoms with van der Waals surface area (Å²) in [6, 6.07) is 7.36. The molecular weight excluding hydrogens is 262 g/mol. The fourth-order valence-corrected chi connectivity index (χ4v) is 5.07. The molecule has 2 heterocycles. The van der Waals surface area contributed by atoms with E-state index < -0.39 is 15.4 Å². The molecule has 0 aromatic heterocycles. The molecule has 0 bridgehead atoms. The van der Waals surface area contributed by atoms with E-state index in [0.29, 0.717) is 6.54 Å². The van der Waals surface area contributed by atoms with Crippen molar-refractivity contribution in [3.63, 3.8) is 0 Å². The van der Waals surface area contributed by atoms with E-state index in [1.165, 1.54) is 0 Å². The molecule has 104 valence electrons. The fraction of sp³-hybridized carbons (Fsp3) is 0.571. The Balaban J connectivity index is 1.98. The summed E-state index contributed by atoms with van der Waals surface area (Å²) in [5, 5.41) is 10.9. The molecule has 2 aliphatic heterocycles. The molecule has 4 nitrogen and oxygen atoms in total. The molecule has 1 N–H and O–H groups in total. The predicted molar refractivity (Wildman–Crippen MR) is 73.5 cm³/mol. The van der Waals surface area contributed by atoms with E-state index in [9.17, 15) is 13.5 Å². The van der Waals surface area contributed by atoms with Gasteiger partial charge in [-0.3, -0.25) is 0 Å². The van der Waals surface area contributed by atoms with Gasteiger partial charge in [0.15, 0.2) is 9.84 Å². The van der Waals surface area contributed by atoms with Gasteiger partial charge in [-0.2, -0.15) is 0 Å². The molecule has 1 aromatic carbocycles. The Bertz CT molecular complexity index is 578. The van der Waals surface area contributed by atoms with Crippen LogP contribution < -0.4 is 0 Å². The summed E-state index contributed by atoms with van der Waals surface area (Å²) < 4.78 is 24.0. The fourth-order valence-electron chi connectivity index (χ4n) is 3.27. The zero-order valence-electron chi connectivity index (χ0n) is 10.9. The van der Waals surface area contributed by atoms with Gasteiger partial charge < -0.3 is 10.0 Å². The third-order valence-corrected chi connectivity index (χ3v) is 5.70. The van der Waals surface area contributed by atoms with Crippen molar-refractivity contribution in [1.82, 2.24) is 4.90 Å². The first kappa shape index (κ1) is 13.1. The molecule has 1 atom stereocenters. The first-order chi connectivity index (χ1) is 8.99. The Morgan fingerprint density at radius 3 is 2.63 bits per heavy atom. The van der Waals surface area contributed by atoms with Gasteiger partial charge in [0.25, 0.3) is 0 Å². The van der Waals surface area contributed by atoms with Crippen molar-refractivity contribution in [1.29, 1.82) is 0 Å². The van der Waals surface area contributed by atoms with Gasteiger partial charge in [-0.05, 0) is 37.1 Å². The summed E-state index contributed by atoms with van der Waals surface area (Å²) in [7, 11) is -3.22. The highest BCUT2D eigenvalue weighted by Crippen LogP contribution is 2.34. The van der Waals surface area contributed by atoms with Gasteiger partial charge in [-0.1, -0.05) is 24.3 Å². The van der Waals surface area contributed by atoms with Crippen molar-refractivity contribution in [3.05, 3.63) is 35.4 Å². The van der Waals surface area contributed by atoms with E-state index in [0.717, 1.165) is 37.1 Å². The van der Waals surface area contributed by atoms with Crippen molar-refractivity contribution in [2.75, 3.05) is 25.4 Å². The maximum Gasteiger partial charge on any atom is 0.157 e. The smallest absolute Gasteiger partial charge is 0.157 e. The first-order valence-electron chi connectivity index (χ1n) is 6.72. The molecule has 5 heteroatoms. The van der Waals surface area contributed by atoms with E-state index in [-0.39, 0.29) is 11.5 Å². The van der Waals surface area contributed by atoms with E-state index in [4.69, 9.17) is 0 Å². The largest absolute Gasteiger partial charge is 0.383 e. The van der Waals surface area contributed by atoms with Crippen LogP contribution in [0.15, 0.2) is 24.3 Å². The molecule has 0 spiro atoms. The van der Waals surface area contributed by atoms with Crippen LogP contribution in [-0.2, 0) is 21.2 Å². The second-order valence-electron chi connectivity index (χ2n) is 5.70. The summed E-state index contributed by atoms with van der Waals surface area (Å²) in [5.74, 6) is -0.112. The van der Waals surface area contributed by atoms with Crippen molar-refractivity contribution in [2.45, 2.75) is 24.2 Å². The lowest BCUT2D eigenvalue weighted by Gasteiger charge is -2.37. The number of aliphatic hydroxyl groups is 1. The highest BCUT2D eigenvalue weighted by molar-refractivity contribution is 7.90. The number of fused-ring (bicyclic) bond motifs is 1. The Morgan fingerprint density at radius 2 is 1.89 bits per heavy atom. The molecule has 2 aliphatic rings. The van der Waals surface area contributed by atoms with Gasteiger partial charge in [0.1, 0.15) is 5.60 Å². The third-order valence-electron chi connectivity index (χ3n) is 4.04. The molecular formula is C14H19NO3S. The molecule has 1 fully saturated rings. The van der Waals surface area contributed by atoms with Crippen LogP contribution >= 0.6 is 0 Å². The second-order valence-corrected chi connectivity index (χ2v) is 7.77. The number of sulfone groups is 1. The van der Waals surface area contributed by atoms with Crippen LogP contribution in [0.3, 0.4) is 0 Å². The van der Waals surface area contributed by atoms with E-state index >= 15 is 0 Å². The summed E-state index contributed by atoms with van der Waals surface area (Å²) in [4.78, 5) is 2.16. The van der Waals surface area contributed by atoms with Gasteiger partial charge in [0.05, 0.1) is 11.5 Å². The van der Waals surface area contributed by atoms with E-state index in [2.05, 4.69) is 4.90 Å². The van der Waals surface area contributed by atoms with Gasteiger partial charge in [-0.15, -0.1) is 0 Å². The van der Waals surface area contributed by atoms with Gasteiger partial charge in [0.2, 0.25) is 0 Å². The number of β-amino-alcohol motifs (C(OH)–C–C–N with tert-alkyl or cyclic N) is 1. The van der Waals surface area contributed by atoms with Crippen LogP contribution in [0.1, 0.15) is 24.0 Å². The van der Waals surface area contributed by atoms with E-state index in [1.807, 2.05) is 18.2 Å². The van der Waals surface area contributed by atoms with Gasteiger partial charge >= 0.3 is 0 Å². The van der Waals surface area contributed by atoms with Gasteiger partial charge in [0, 0.05) is 6.54 Å². The highest BCUT2D eigenvalue weighted by Gasteiger charge is 2.42. The molecule has 3 rings (SSSR count). The zero-order valence-corrected chi connectivity index (χ0v) is 11.7. The SMILES string of the molecule is O=S1(=O)Cc2ccccc2C(O)(CN2CCCC2)C1. The predicted octanol–water partition coefficient (Wildman–Crippen LogP) is 0.898. The molecule has 19 heavy (non-hydrogen) atoms. The number of hydrogen-bond acceptors (Lipinski definition) is 4. The molecule has 1 unspecified atom stereocenters. The zero-order chi connectivity index (χ0) is 13.5. The lowest BCUT2D eigenvalue weighted by Crippen LogP contribution is -2.48. The monoisotopic (exact) mass is 281 g/mol. The minimum atomic E-state index is -3.22.